The maximum atomic E-state index is 12.5. The molecule has 0 saturated carbocycles. The molecule has 7 heteroatoms. The van der Waals surface area contributed by atoms with E-state index in [1.54, 1.807) is 0 Å². The van der Waals surface area contributed by atoms with Crippen molar-refractivity contribution in [2.45, 2.75) is 12.8 Å². The number of pyridine rings is 1. The van der Waals surface area contributed by atoms with Gasteiger partial charge in [-0.2, -0.15) is 13.2 Å². The predicted octanol–water partition coefficient (Wildman–Crippen LogP) is 3.04. The van der Waals surface area contributed by atoms with E-state index in [0.29, 0.717) is 5.69 Å². The third-order valence-electron chi connectivity index (χ3n) is 2.62. The Hall–Kier alpha value is -2.57. The van der Waals surface area contributed by atoms with Gasteiger partial charge in [0.05, 0.1) is 17.4 Å². The summed E-state index contributed by atoms with van der Waals surface area (Å²) in [6.45, 7) is -0.269. The monoisotopic (exact) mass is 296 g/mol. The molecule has 110 valence electrons. The van der Waals surface area contributed by atoms with E-state index >= 15 is 0 Å². The standard InChI is InChI=1S/C14H11F3N2O2/c15-14(16,17)10-3-1-2-9(6-10)8-21-13(20)12-5-4-11(18)7-19-12/h1-7H,8,18H2. The average Bonchev–Trinajstić information content (AvgIpc) is 2.45. The van der Waals surface area contributed by atoms with E-state index in [2.05, 4.69) is 4.98 Å². The molecule has 2 rings (SSSR count). The number of benzene rings is 1. The second-order valence-corrected chi connectivity index (χ2v) is 4.25. The smallest absolute Gasteiger partial charge is 0.416 e. The fraction of sp³-hybridized carbons (Fsp3) is 0.143. The number of ether oxygens (including phenoxy) is 1. The Morgan fingerprint density at radius 3 is 2.62 bits per heavy atom. The third-order valence-corrected chi connectivity index (χ3v) is 2.62. The normalized spacial score (nSPS) is 11.2. The molecule has 0 atom stereocenters. The summed E-state index contributed by atoms with van der Waals surface area (Å²) < 4.78 is 42.5. The molecule has 0 fully saturated rings. The Kier molecular flexibility index (Phi) is 4.11. The van der Waals surface area contributed by atoms with Crippen molar-refractivity contribution in [3.8, 4) is 0 Å². The fourth-order valence-electron chi connectivity index (χ4n) is 1.59. The van der Waals surface area contributed by atoms with Gasteiger partial charge in [-0.15, -0.1) is 0 Å². The molecule has 1 aromatic carbocycles. The number of anilines is 1. The van der Waals surface area contributed by atoms with Gasteiger partial charge in [-0.1, -0.05) is 12.1 Å². The lowest BCUT2D eigenvalue weighted by atomic mass is 10.1. The quantitative estimate of drug-likeness (QED) is 0.884. The van der Waals surface area contributed by atoms with Gasteiger partial charge in [0.15, 0.2) is 0 Å². The summed E-state index contributed by atoms with van der Waals surface area (Å²) in [6.07, 6.45) is -3.14. The number of hydrogen-bond donors (Lipinski definition) is 1. The van der Waals surface area contributed by atoms with E-state index in [4.69, 9.17) is 10.5 Å². The molecule has 0 bridgehead atoms. The lowest BCUT2D eigenvalue weighted by Gasteiger charge is -2.09. The van der Waals surface area contributed by atoms with Crippen LogP contribution >= 0.6 is 0 Å². The summed E-state index contributed by atoms with van der Waals surface area (Å²) in [6, 6.07) is 7.45. The largest absolute Gasteiger partial charge is 0.456 e. The number of halogens is 3. The van der Waals surface area contributed by atoms with Crippen LogP contribution in [0.5, 0.6) is 0 Å². The van der Waals surface area contributed by atoms with Gasteiger partial charge in [0.25, 0.3) is 0 Å². The minimum Gasteiger partial charge on any atom is -0.456 e. The van der Waals surface area contributed by atoms with E-state index in [-0.39, 0.29) is 17.9 Å². The molecule has 0 spiro atoms. The highest BCUT2D eigenvalue weighted by Gasteiger charge is 2.30. The van der Waals surface area contributed by atoms with Crippen molar-refractivity contribution >= 4 is 11.7 Å². The van der Waals surface area contributed by atoms with Gasteiger partial charge in [-0.3, -0.25) is 0 Å². The lowest BCUT2D eigenvalue weighted by Crippen LogP contribution is -2.09. The Bertz CT molecular complexity index is 639. The van der Waals surface area contributed by atoms with Crippen LogP contribution < -0.4 is 5.73 Å². The van der Waals surface area contributed by atoms with Crippen LogP contribution in [0.4, 0.5) is 18.9 Å². The molecule has 21 heavy (non-hydrogen) atoms. The molecule has 0 aliphatic rings. The van der Waals surface area contributed by atoms with Crippen molar-refractivity contribution in [3.05, 3.63) is 59.4 Å². The van der Waals surface area contributed by atoms with Crippen LogP contribution in [-0.4, -0.2) is 11.0 Å². The zero-order valence-corrected chi connectivity index (χ0v) is 10.7. The van der Waals surface area contributed by atoms with Gasteiger partial charge in [0.1, 0.15) is 12.3 Å². The first-order chi connectivity index (χ1) is 9.86. The van der Waals surface area contributed by atoms with E-state index in [9.17, 15) is 18.0 Å². The Morgan fingerprint density at radius 1 is 1.24 bits per heavy atom. The van der Waals surface area contributed by atoms with Crippen LogP contribution in [0.15, 0.2) is 42.6 Å². The number of carbonyl (C=O) groups is 1. The van der Waals surface area contributed by atoms with E-state index in [1.165, 1.54) is 30.5 Å². The molecule has 2 N–H and O–H groups in total. The number of esters is 1. The number of rotatable bonds is 3. The Labute approximate surface area is 118 Å². The number of alkyl halides is 3. The van der Waals surface area contributed by atoms with Gasteiger partial charge in [0, 0.05) is 0 Å². The predicted molar refractivity (Wildman–Crippen MR) is 69.2 cm³/mol. The van der Waals surface area contributed by atoms with Crippen molar-refractivity contribution < 1.29 is 22.7 Å². The fourth-order valence-corrected chi connectivity index (χ4v) is 1.59. The number of carbonyl (C=O) groups excluding carboxylic acids is 1. The SMILES string of the molecule is Nc1ccc(C(=O)OCc2cccc(C(F)(F)F)c2)nc1. The highest BCUT2D eigenvalue weighted by molar-refractivity contribution is 5.87. The van der Waals surface area contributed by atoms with Crippen LogP contribution in [0.25, 0.3) is 0 Å². The molecule has 4 nitrogen and oxygen atoms in total. The molecule has 0 aliphatic carbocycles. The zero-order chi connectivity index (χ0) is 15.5. The molecular weight excluding hydrogens is 285 g/mol. The molecule has 1 aromatic heterocycles. The molecule has 2 aromatic rings. The summed E-state index contributed by atoms with van der Waals surface area (Å²) in [4.78, 5) is 15.4. The molecule has 1 heterocycles. The second-order valence-electron chi connectivity index (χ2n) is 4.25. The number of nitrogens with zero attached hydrogens (tertiary/aromatic N) is 1. The van der Waals surface area contributed by atoms with Crippen LogP contribution in [0.3, 0.4) is 0 Å². The number of nitrogens with two attached hydrogens (primary N) is 1. The highest BCUT2D eigenvalue weighted by Crippen LogP contribution is 2.29. The van der Waals surface area contributed by atoms with Crippen LogP contribution in [0.2, 0.25) is 0 Å². The van der Waals surface area contributed by atoms with Crippen molar-refractivity contribution in [2.75, 3.05) is 5.73 Å². The Morgan fingerprint density at radius 2 is 2.00 bits per heavy atom. The van der Waals surface area contributed by atoms with Crippen molar-refractivity contribution in [2.24, 2.45) is 0 Å². The summed E-state index contributed by atoms with van der Waals surface area (Å²) >= 11 is 0. The van der Waals surface area contributed by atoms with Gasteiger partial charge in [0.2, 0.25) is 0 Å². The first-order valence-corrected chi connectivity index (χ1v) is 5.91. The third kappa shape index (κ3) is 3.95. The van der Waals surface area contributed by atoms with Gasteiger partial charge < -0.3 is 10.5 Å². The van der Waals surface area contributed by atoms with E-state index < -0.39 is 17.7 Å². The van der Waals surface area contributed by atoms with E-state index in [1.807, 2.05) is 0 Å². The summed E-state index contributed by atoms with van der Waals surface area (Å²) in [5.41, 5.74) is 5.31. The molecule has 0 amide bonds. The van der Waals surface area contributed by atoms with Gasteiger partial charge in [-0.05, 0) is 29.8 Å². The molecule has 0 saturated heterocycles. The Balaban J connectivity index is 2.03. The highest BCUT2D eigenvalue weighted by atomic mass is 19.4. The zero-order valence-electron chi connectivity index (χ0n) is 10.7. The van der Waals surface area contributed by atoms with Crippen LogP contribution in [0.1, 0.15) is 21.6 Å². The molecular formula is C14H11F3N2O2. The van der Waals surface area contributed by atoms with Crippen LogP contribution in [0, 0.1) is 0 Å². The number of hydrogen-bond acceptors (Lipinski definition) is 4. The number of nitrogen functional groups attached to an aromatic ring is 1. The van der Waals surface area contributed by atoms with Crippen molar-refractivity contribution in [3.63, 3.8) is 0 Å². The van der Waals surface area contributed by atoms with Gasteiger partial charge in [-0.25, -0.2) is 9.78 Å². The molecule has 0 radical (unpaired) electrons. The minimum absolute atomic E-state index is 0.0381. The van der Waals surface area contributed by atoms with Crippen LogP contribution in [-0.2, 0) is 17.5 Å². The second kappa shape index (κ2) is 5.82. The maximum Gasteiger partial charge on any atom is 0.416 e. The van der Waals surface area contributed by atoms with E-state index in [0.717, 1.165) is 12.1 Å². The molecule has 0 aliphatic heterocycles. The number of aromatic nitrogens is 1. The summed E-state index contributed by atoms with van der Waals surface area (Å²) in [7, 11) is 0. The first kappa shape index (κ1) is 14.8. The topological polar surface area (TPSA) is 65.2 Å². The average molecular weight is 296 g/mol. The van der Waals surface area contributed by atoms with Gasteiger partial charge >= 0.3 is 12.1 Å². The summed E-state index contributed by atoms with van der Waals surface area (Å²) in [5, 5.41) is 0. The minimum atomic E-state index is -4.43. The maximum absolute atomic E-state index is 12.5. The van der Waals surface area contributed by atoms with Crippen molar-refractivity contribution in [1.82, 2.24) is 4.98 Å². The lowest BCUT2D eigenvalue weighted by molar-refractivity contribution is -0.137. The summed E-state index contributed by atoms with van der Waals surface area (Å²) in [5.74, 6) is -0.729. The van der Waals surface area contributed by atoms with Crippen molar-refractivity contribution in [1.29, 1.82) is 0 Å². The molecule has 0 unspecified atom stereocenters. The first-order valence-electron chi connectivity index (χ1n) is 5.91.